The van der Waals surface area contributed by atoms with Crippen molar-refractivity contribution in [1.29, 1.82) is 0 Å². The molecule has 0 bridgehead atoms. The predicted molar refractivity (Wildman–Crippen MR) is 121 cm³/mol. The fourth-order valence-electron chi connectivity index (χ4n) is 3.13. The van der Waals surface area contributed by atoms with Crippen molar-refractivity contribution in [2.45, 2.75) is 32.4 Å². The molecule has 7 heteroatoms. The van der Waals surface area contributed by atoms with Crippen molar-refractivity contribution in [1.82, 2.24) is 0 Å². The maximum atomic E-state index is 12.8. The Morgan fingerprint density at radius 3 is 2.12 bits per heavy atom. The first kappa shape index (κ1) is 24.0. The highest BCUT2D eigenvalue weighted by molar-refractivity contribution is 6.09. The molecule has 3 rings (SSSR count). The van der Waals surface area contributed by atoms with Gasteiger partial charge in [0.1, 0.15) is 5.75 Å². The zero-order chi connectivity index (χ0) is 24.2. The molecule has 0 aromatic heterocycles. The molecule has 0 saturated heterocycles. The topological polar surface area (TPSA) is 55.4 Å². The molecule has 0 saturated carbocycles. The average molecular weight is 455 g/mol. The smallest absolute Gasteiger partial charge is 0.416 e. The predicted octanol–water partition coefficient (Wildman–Crippen LogP) is 6.25. The summed E-state index contributed by atoms with van der Waals surface area (Å²) in [5.41, 5.74) is 1.53. The van der Waals surface area contributed by atoms with Gasteiger partial charge in [-0.1, -0.05) is 63.2 Å². The van der Waals surface area contributed by atoms with Gasteiger partial charge in [0.2, 0.25) is 0 Å². The SMILES string of the molecule is CC(C)(C)c1ccc(C(=O)c2cccc(NC(=O)COc3cccc(C(F)(F)F)c3)c2)cc1. The summed E-state index contributed by atoms with van der Waals surface area (Å²) in [6.45, 7) is 5.79. The lowest BCUT2D eigenvalue weighted by Gasteiger charge is -2.19. The number of anilines is 1. The van der Waals surface area contributed by atoms with E-state index in [2.05, 4.69) is 26.1 Å². The second-order valence-electron chi connectivity index (χ2n) is 8.60. The second-order valence-corrected chi connectivity index (χ2v) is 8.60. The van der Waals surface area contributed by atoms with Crippen LogP contribution in [0, 0.1) is 0 Å². The normalized spacial score (nSPS) is 11.7. The van der Waals surface area contributed by atoms with Crippen LogP contribution in [0.1, 0.15) is 47.8 Å². The van der Waals surface area contributed by atoms with E-state index in [-0.39, 0.29) is 16.9 Å². The van der Waals surface area contributed by atoms with Crippen molar-refractivity contribution in [3.63, 3.8) is 0 Å². The third-order valence-corrected chi connectivity index (χ3v) is 4.95. The van der Waals surface area contributed by atoms with E-state index in [0.29, 0.717) is 16.8 Å². The molecule has 0 unspecified atom stereocenters. The Bertz CT molecular complexity index is 1150. The number of halogens is 3. The Morgan fingerprint density at radius 1 is 0.818 bits per heavy atom. The van der Waals surface area contributed by atoms with Crippen LogP contribution in [0.15, 0.2) is 72.8 Å². The molecule has 0 aliphatic rings. The number of rotatable bonds is 6. The Balaban J connectivity index is 1.64. The summed E-state index contributed by atoms with van der Waals surface area (Å²) in [5, 5.41) is 2.59. The number of alkyl halides is 3. The number of carbonyl (C=O) groups excluding carboxylic acids is 2. The molecule has 0 fully saturated rings. The molecule has 3 aromatic carbocycles. The fourth-order valence-corrected chi connectivity index (χ4v) is 3.13. The molecule has 4 nitrogen and oxygen atoms in total. The van der Waals surface area contributed by atoms with Crippen LogP contribution in [0.5, 0.6) is 5.75 Å². The highest BCUT2D eigenvalue weighted by atomic mass is 19.4. The minimum Gasteiger partial charge on any atom is -0.484 e. The molecule has 172 valence electrons. The zero-order valence-electron chi connectivity index (χ0n) is 18.5. The molecule has 0 atom stereocenters. The summed E-state index contributed by atoms with van der Waals surface area (Å²) < 4.78 is 43.6. The summed E-state index contributed by atoms with van der Waals surface area (Å²) >= 11 is 0. The van der Waals surface area contributed by atoms with E-state index in [9.17, 15) is 22.8 Å². The molecule has 0 aliphatic heterocycles. The van der Waals surface area contributed by atoms with Crippen molar-refractivity contribution in [2.24, 2.45) is 0 Å². The first-order valence-corrected chi connectivity index (χ1v) is 10.3. The first-order chi connectivity index (χ1) is 15.4. The Morgan fingerprint density at radius 2 is 1.48 bits per heavy atom. The van der Waals surface area contributed by atoms with E-state index in [1.807, 2.05) is 12.1 Å². The van der Waals surface area contributed by atoms with Gasteiger partial charge in [0.25, 0.3) is 5.91 Å². The molecule has 3 aromatic rings. The van der Waals surface area contributed by atoms with Crippen LogP contribution in [-0.2, 0) is 16.4 Å². The summed E-state index contributed by atoms with van der Waals surface area (Å²) in [5.74, 6) is -0.819. The Hall–Kier alpha value is -3.61. The van der Waals surface area contributed by atoms with Crippen molar-refractivity contribution < 1.29 is 27.5 Å². The summed E-state index contributed by atoms with van der Waals surface area (Å²) in [4.78, 5) is 25.0. The maximum Gasteiger partial charge on any atom is 0.416 e. The van der Waals surface area contributed by atoms with Crippen molar-refractivity contribution in [2.75, 3.05) is 11.9 Å². The Labute approximate surface area is 190 Å². The van der Waals surface area contributed by atoms with Crippen LogP contribution >= 0.6 is 0 Å². The number of ketones is 1. The van der Waals surface area contributed by atoms with Crippen LogP contribution < -0.4 is 10.1 Å². The summed E-state index contributed by atoms with van der Waals surface area (Å²) in [6.07, 6.45) is -4.50. The van der Waals surface area contributed by atoms with Gasteiger partial charge in [-0.2, -0.15) is 13.2 Å². The van der Waals surface area contributed by atoms with E-state index in [0.717, 1.165) is 17.7 Å². The molecule has 0 radical (unpaired) electrons. The molecule has 33 heavy (non-hydrogen) atoms. The zero-order valence-corrected chi connectivity index (χ0v) is 18.5. The van der Waals surface area contributed by atoms with Crippen LogP contribution in [0.3, 0.4) is 0 Å². The van der Waals surface area contributed by atoms with Crippen LogP contribution in [0.2, 0.25) is 0 Å². The molecule has 0 aliphatic carbocycles. The van der Waals surface area contributed by atoms with E-state index in [1.165, 1.54) is 12.1 Å². The van der Waals surface area contributed by atoms with E-state index >= 15 is 0 Å². The summed E-state index contributed by atoms with van der Waals surface area (Å²) in [6, 6.07) is 18.1. The lowest BCUT2D eigenvalue weighted by atomic mass is 9.86. The Kier molecular flexibility index (Phi) is 6.91. The van der Waals surface area contributed by atoms with Gasteiger partial charge in [-0.05, 0) is 41.3 Å². The summed E-state index contributed by atoms with van der Waals surface area (Å²) in [7, 11) is 0. The van der Waals surface area contributed by atoms with Gasteiger partial charge in [0.15, 0.2) is 12.4 Å². The number of benzene rings is 3. The third-order valence-electron chi connectivity index (χ3n) is 4.95. The third kappa shape index (κ3) is 6.44. The van der Waals surface area contributed by atoms with Gasteiger partial charge in [0, 0.05) is 16.8 Å². The molecular formula is C26H24F3NO3. The van der Waals surface area contributed by atoms with Crippen molar-refractivity contribution in [3.05, 3.63) is 95.1 Å². The molecule has 0 heterocycles. The van der Waals surface area contributed by atoms with Gasteiger partial charge < -0.3 is 10.1 Å². The quantitative estimate of drug-likeness (QED) is 0.447. The average Bonchev–Trinajstić information content (AvgIpc) is 2.76. The lowest BCUT2D eigenvalue weighted by Crippen LogP contribution is -2.20. The van der Waals surface area contributed by atoms with Crippen molar-refractivity contribution >= 4 is 17.4 Å². The number of nitrogens with one attached hydrogen (secondary N) is 1. The number of carbonyl (C=O) groups is 2. The largest absolute Gasteiger partial charge is 0.484 e. The van der Waals surface area contributed by atoms with Gasteiger partial charge in [-0.15, -0.1) is 0 Å². The first-order valence-electron chi connectivity index (χ1n) is 10.3. The van der Waals surface area contributed by atoms with E-state index < -0.39 is 24.3 Å². The number of hydrogen-bond acceptors (Lipinski definition) is 3. The standard InChI is InChI=1S/C26H24F3NO3/c1-25(2,3)19-12-10-17(11-13-19)24(32)18-6-4-8-21(14-18)30-23(31)16-33-22-9-5-7-20(15-22)26(27,28)29/h4-15H,16H2,1-3H3,(H,30,31). The lowest BCUT2D eigenvalue weighted by molar-refractivity contribution is -0.137. The molecule has 0 spiro atoms. The van der Waals surface area contributed by atoms with Gasteiger partial charge in [-0.3, -0.25) is 9.59 Å². The van der Waals surface area contributed by atoms with Gasteiger partial charge in [0.05, 0.1) is 5.56 Å². The van der Waals surface area contributed by atoms with Crippen LogP contribution in [0.4, 0.5) is 18.9 Å². The minimum absolute atomic E-state index is 0.0259. The van der Waals surface area contributed by atoms with Crippen LogP contribution in [0.25, 0.3) is 0 Å². The van der Waals surface area contributed by atoms with Gasteiger partial charge in [-0.25, -0.2) is 0 Å². The molecular weight excluding hydrogens is 431 g/mol. The van der Waals surface area contributed by atoms with Crippen molar-refractivity contribution in [3.8, 4) is 5.75 Å². The molecule has 1 N–H and O–H groups in total. The number of ether oxygens (including phenoxy) is 1. The monoisotopic (exact) mass is 455 g/mol. The fraction of sp³-hybridized carbons (Fsp3) is 0.231. The molecule has 1 amide bonds. The number of amides is 1. The van der Waals surface area contributed by atoms with E-state index in [1.54, 1.807) is 36.4 Å². The minimum atomic E-state index is -4.50. The van der Waals surface area contributed by atoms with Gasteiger partial charge >= 0.3 is 6.18 Å². The second kappa shape index (κ2) is 9.48. The highest BCUT2D eigenvalue weighted by Gasteiger charge is 2.30. The maximum absolute atomic E-state index is 12.8. The highest BCUT2D eigenvalue weighted by Crippen LogP contribution is 2.31. The van der Waals surface area contributed by atoms with Crippen LogP contribution in [-0.4, -0.2) is 18.3 Å². The van der Waals surface area contributed by atoms with E-state index in [4.69, 9.17) is 4.74 Å². The number of hydrogen-bond donors (Lipinski definition) is 1.